The molecule has 2 aliphatic rings. The Morgan fingerprint density at radius 2 is 1.87 bits per heavy atom. The maximum absolute atomic E-state index is 12.8. The molecule has 4 nitrogen and oxygen atoms in total. The van der Waals surface area contributed by atoms with Gasteiger partial charge in [-0.1, -0.05) is 24.3 Å². The van der Waals surface area contributed by atoms with Gasteiger partial charge in [0, 0.05) is 24.7 Å². The van der Waals surface area contributed by atoms with Crippen molar-refractivity contribution in [1.82, 2.24) is 15.2 Å². The summed E-state index contributed by atoms with van der Waals surface area (Å²) in [6, 6.07) is 10.1. The van der Waals surface area contributed by atoms with Crippen molar-refractivity contribution in [2.24, 2.45) is 11.8 Å². The van der Waals surface area contributed by atoms with Crippen LogP contribution < -0.4 is 5.32 Å². The second-order valence-electron chi connectivity index (χ2n) is 6.81. The minimum atomic E-state index is 0.246. The van der Waals surface area contributed by atoms with Crippen molar-refractivity contribution in [2.45, 2.75) is 19.3 Å². The Bertz CT molecular complexity index is 695. The number of amides is 1. The normalized spacial score (nSPS) is 24.4. The van der Waals surface area contributed by atoms with E-state index in [4.69, 9.17) is 0 Å². The largest absolute Gasteiger partial charge is 0.342 e. The third kappa shape index (κ3) is 2.95. The number of hydrogen-bond acceptors (Lipinski definition) is 3. The number of fused-ring (bicyclic) bond motifs is 2. The van der Waals surface area contributed by atoms with E-state index >= 15 is 0 Å². The zero-order valence-electron chi connectivity index (χ0n) is 13.4. The molecule has 1 amide bonds. The molecule has 2 saturated heterocycles. The quantitative estimate of drug-likeness (QED) is 0.925. The smallest absolute Gasteiger partial charge is 0.227 e. The van der Waals surface area contributed by atoms with Crippen LogP contribution >= 0.6 is 0 Å². The van der Waals surface area contributed by atoms with Gasteiger partial charge in [0.05, 0.1) is 11.9 Å². The summed E-state index contributed by atoms with van der Waals surface area (Å²) in [5, 5.41) is 4.59. The van der Waals surface area contributed by atoms with Gasteiger partial charge in [0.15, 0.2) is 0 Å². The molecule has 120 valence electrons. The minimum absolute atomic E-state index is 0.246. The predicted octanol–water partition coefficient (Wildman–Crippen LogP) is 2.24. The Labute approximate surface area is 136 Å². The van der Waals surface area contributed by atoms with E-state index in [9.17, 15) is 4.79 Å². The van der Waals surface area contributed by atoms with Gasteiger partial charge < -0.3 is 10.2 Å². The first-order valence-electron chi connectivity index (χ1n) is 8.62. The summed E-state index contributed by atoms with van der Waals surface area (Å²) in [5.74, 6) is 1.76. The molecule has 0 spiro atoms. The highest BCUT2D eigenvalue weighted by Gasteiger charge is 2.31. The standard InChI is InChI=1S/C19H23N3O/c23-18(22-9-6-16-12-20-13-17(16)7-10-22)11-15-4-1-3-14-5-2-8-21-19(14)15/h1-5,8,16-17,20H,6-7,9-13H2/t16-,17+. The molecule has 4 rings (SSSR count). The second-order valence-corrected chi connectivity index (χ2v) is 6.81. The van der Waals surface area contributed by atoms with Gasteiger partial charge in [-0.15, -0.1) is 0 Å². The van der Waals surface area contributed by atoms with Crippen LogP contribution in [0.1, 0.15) is 18.4 Å². The van der Waals surface area contributed by atoms with Crippen LogP contribution in [0.3, 0.4) is 0 Å². The number of para-hydroxylation sites is 1. The van der Waals surface area contributed by atoms with Crippen LogP contribution in [0.25, 0.3) is 10.9 Å². The van der Waals surface area contributed by atoms with Crippen molar-refractivity contribution in [3.8, 4) is 0 Å². The molecule has 0 unspecified atom stereocenters. The van der Waals surface area contributed by atoms with Crippen molar-refractivity contribution in [3.63, 3.8) is 0 Å². The monoisotopic (exact) mass is 309 g/mol. The minimum Gasteiger partial charge on any atom is -0.342 e. The lowest BCUT2D eigenvalue weighted by atomic mass is 9.92. The Morgan fingerprint density at radius 3 is 2.65 bits per heavy atom. The predicted molar refractivity (Wildman–Crippen MR) is 91.1 cm³/mol. The summed E-state index contributed by atoms with van der Waals surface area (Å²) < 4.78 is 0. The number of carbonyl (C=O) groups excluding carboxylic acids is 1. The first kappa shape index (κ1) is 14.6. The molecule has 23 heavy (non-hydrogen) atoms. The van der Waals surface area contributed by atoms with Gasteiger partial charge in [-0.3, -0.25) is 9.78 Å². The molecule has 2 atom stereocenters. The molecule has 1 N–H and O–H groups in total. The van der Waals surface area contributed by atoms with Gasteiger partial charge in [-0.25, -0.2) is 0 Å². The van der Waals surface area contributed by atoms with E-state index in [1.165, 1.54) is 0 Å². The number of hydrogen-bond donors (Lipinski definition) is 1. The van der Waals surface area contributed by atoms with E-state index in [-0.39, 0.29) is 5.91 Å². The molecule has 2 aliphatic heterocycles. The average Bonchev–Trinajstić information content (AvgIpc) is 2.93. The van der Waals surface area contributed by atoms with Crippen molar-refractivity contribution < 1.29 is 4.79 Å². The van der Waals surface area contributed by atoms with Gasteiger partial charge >= 0.3 is 0 Å². The van der Waals surface area contributed by atoms with Crippen molar-refractivity contribution in [1.29, 1.82) is 0 Å². The summed E-state index contributed by atoms with van der Waals surface area (Å²) in [6.45, 7) is 4.06. The van der Waals surface area contributed by atoms with E-state index in [1.54, 1.807) is 6.20 Å². The van der Waals surface area contributed by atoms with E-state index in [2.05, 4.69) is 27.3 Å². The van der Waals surface area contributed by atoms with Crippen molar-refractivity contribution >= 4 is 16.8 Å². The molecule has 0 saturated carbocycles. The summed E-state index contributed by atoms with van der Waals surface area (Å²) in [5.41, 5.74) is 2.00. The Kier molecular flexibility index (Phi) is 4.00. The van der Waals surface area contributed by atoms with Crippen LogP contribution in [0.15, 0.2) is 36.5 Å². The first-order valence-corrected chi connectivity index (χ1v) is 8.62. The van der Waals surface area contributed by atoms with Gasteiger partial charge in [-0.05, 0) is 49.4 Å². The summed E-state index contributed by atoms with van der Waals surface area (Å²) in [4.78, 5) is 19.3. The van der Waals surface area contributed by atoms with E-state index < -0.39 is 0 Å². The molecule has 2 fully saturated rings. The van der Waals surface area contributed by atoms with Crippen LogP contribution in [-0.4, -0.2) is 42.0 Å². The number of rotatable bonds is 2. The van der Waals surface area contributed by atoms with Gasteiger partial charge in [0.1, 0.15) is 0 Å². The molecule has 0 bridgehead atoms. The summed E-state index contributed by atoms with van der Waals surface area (Å²) >= 11 is 0. The van der Waals surface area contributed by atoms with Crippen LogP contribution in [-0.2, 0) is 11.2 Å². The van der Waals surface area contributed by atoms with Crippen LogP contribution in [0.2, 0.25) is 0 Å². The maximum Gasteiger partial charge on any atom is 0.227 e. The topological polar surface area (TPSA) is 45.2 Å². The molecule has 4 heteroatoms. The maximum atomic E-state index is 12.8. The molecule has 0 radical (unpaired) electrons. The molecular formula is C19H23N3O. The zero-order valence-corrected chi connectivity index (χ0v) is 13.4. The number of likely N-dealkylation sites (tertiary alicyclic amines) is 1. The third-order valence-corrected chi connectivity index (χ3v) is 5.43. The highest BCUT2D eigenvalue weighted by Crippen LogP contribution is 2.27. The van der Waals surface area contributed by atoms with Crippen molar-refractivity contribution in [2.75, 3.05) is 26.2 Å². The van der Waals surface area contributed by atoms with Crippen molar-refractivity contribution in [3.05, 3.63) is 42.1 Å². The van der Waals surface area contributed by atoms with E-state index in [0.29, 0.717) is 6.42 Å². The number of nitrogens with zero attached hydrogens (tertiary/aromatic N) is 2. The Balaban J connectivity index is 1.49. The fraction of sp³-hybridized carbons (Fsp3) is 0.474. The summed E-state index contributed by atoms with van der Waals surface area (Å²) in [7, 11) is 0. The fourth-order valence-electron chi connectivity index (χ4n) is 4.05. The second kappa shape index (κ2) is 6.28. The molecule has 1 aromatic heterocycles. The van der Waals surface area contributed by atoms with E-state index in [0.717, 1.165) is 67.3 Å². The molecule has 1 aromatic carbocycles. The average molecular weight is 309 g/mol. The Morgan fingerprint density at radius 1 is 1.13 bits per heavy atom. The lowest BCUT2D eigenvalue weighted by Crippen LogP contribution is -2.34. The highest BCUT2D eigenvalue weighted by molar-refractivity contribution is 5.87. The van der Waals surface area contributed by atoms with Gasteiger partial charge in [0.2, 0.25) is 5.91 Å². The van der Waals surface area contributed by atoms with E-state index in [1.807, 2.05) is 18.2 Å². The lowest BCUT2D eigenvalue weighted by molar-refractivity contribution is -0.130. The molecule has 0 aliphatic carbocycles. The number of carbonyl (C=O) groups is 1. The molecule has 2 aromatic rings. The van der Waals surface area contributed by atoms with Crippen LogP contribution in [0, 0.1) is 11.8 Å². The van der Waals surface area contributed by atoms with Crippen LogP contribution in [0.5, 0.6) is 0 Å². The third-order valence-electron chi connectivity index (χ3n) is 5.43. The highest BCUT2D eigenvalue weighted by atomic mass is 16.2. The lowest BCUT2D eigenvalue weighted by Gasteiger charge is -2.21. The number of aromatic nitrogens is 1. The zero-order chi connectivity index (χ0) is 15.6. The van der Waals surface area contributed by atoms with Gasteiger partial charge in [0.25, 0.3) is 0 Å². The SMILES string of the molecule is O=C(Cc1cccc2cccnc12)N1CC[C@@H]2CNC[C@@H]2CC1. The fourth-order valence-corrected chi connectivity index (χ4v) is 4.05. The number of pyridine rings is 1. The number of benzene rings is 1. The Hall–Kier alpha value is -1.94. The first-order chi connectivity index (χ1) is 11.3. The molecular weight excluding hydrogens is 286 g/mol. The molecule has 3 heterocycles. The van der Waals surface area contributed by atoms with Crippen LogP contribution in [0.4, 0.5) is 0 Å². The summed E-state index contributed by atoms with van der Waals surface area (Å²) in [6.07, 6.45) is 4.53. The number of nitrogens with one attached hydrogen (secondary N) is 1. The van der Waals surface area contributed by atoms with Gasteiger partial charge in [-0.2, -0.15) is 0 Å².